The molecule has 0 saturated heterocycles. The third-order valence-corrected chi connectivity index (χ3v) is 6.35. The molecule has 1 aliphatic rings. The van der Waals surface area contributed by atoms with Crippen molar-refractivity contribution in [2.75, 3.05) is 11.6 Å². The predicted molar refractivity (Wildman–Crippen MR) is 101 cm³/mol. The van der Waals surface area contributed by atoms with E-state index in [0.717, 1.165) is 11.3 Å². The first-order valence-electron chi connectivity index (χ1n) is 8.03. The summed E-state index contributed by atoms with van der Waals surface area (Å²) in [4.78, 5) is 12.2. The number of carbonyl (C=O) groups is 1. The highest BCUT2D eigenvalue weighted by atomic mass is 31.2. The molecule has 128 valence electrons. The van der Waals surface area contributed by atoms with E-state index in [1.807, 2.05) is 60.7 Å². The maximum Gasteiger partial charge on any atom is 0.286 e. The van der Waals surface area contributed by atoms with Crippen molar-refractivity contribution in [1.82, 2.24) is 0 Å². The van der Waals surface area contributed by atoms with E-state index in [-0.39, 0.29) is 17.8 Å². The molecule has 0 spiro atoms. The zero-order valence-electron chi connectivity index (χ0n) is 14.1. The molecule has 1 unspecified atom stereocenters. The lowest BCUT2D eigenvalue weighted by atomic mass is 10.2. The maximum absolute atomic E-state index is 13.6. The van der Waals surface area contributed by atoms with Crippen LogP contribution in [0.3, 0.4) is 0 Å². The van der Waals surface area contributed by atoms with Gasteiger partial charge in [0.25, 0.3) is 7.37 Å². The largest absolute Gasteiger partial charge is 0.321 e. The normalized spacial score (nSPS) is 20.0. The number of carbonyl (C=O) groups excluding carboxylic acids is 1. The van der Waals surface area contributed by atoms with Gasteiger partial charge in [-0.15, -0.1) is 0 Å². The second-order valence-corrected chi connectivity index (χ2v) is 7.78. The van der Waals surface area contributed by atoms with Gasteiger partial charge in [0.15, 0.2) is 11.2 Å². The van der Waals surface area contributed by atoms with Gasteiger partial charge in [-0.2, -0.15) is 5.10 Å². The Kier molecular flexibility index (Phi) is 4.98. The van der Waals surface area contributed by atoms with Crippen molar-refractivity contribution < 1.29 is 13.9 Å². The minimum Gasteiger partial charge on any atom is -0.321 e. The summed E-state index contributed by atoms with van der Waals surface area (Å²) < 4.78 is 19.3. The van der Waals surface area contributed by atoms with Gasteiger partial charge in [-0.1, -0.05) is 48.5 Å². The Morgan fingerprint density at radius 2 is 1.68 bits per heavy atom. The highest BCUT2D eigenvalue weighted by Crippen LogP contribution is 2.62. The van der Waals surface area contributed by atoms with Crippen LogP contribution >= 0.6 is 7.37 Å². The lowest BCUT2D eigenvalue weighted by molar-refractivity contribution is -0.110. The number of para-hydroxylation sites is 1. The quantitative estimate of drug-likeness (QED) is 0.729. The Bertz CT molecular complexity index is 876. The summed E-state index contributed by atoms with van der Waals surface area (Å²) in [6, 6.07) is 18.7. The van der Waals surface area contributed by atoms with Gasteiger partial charge in [0.05, 0.1) is 17.6 Å². The average Bonchev–Trinajstić information content (AvgIpc) is 2.63. The summed E-state index contributed by atoms with van der Waals surface area (Å²) in [6.45, 7) is 3.34. The van der Waals surface area contributed by atoms with Gasteiger partial charge < -0.3 is 4.52 Å². The smallest absolute Gasteiger partial charge is 0.286 e. The van der Waals surface area contributed by atoms with Crippen molar-refractivity contribution in [3.05, 3.63) is 72.4 Å². The van der Waals surface area contributed by atoms with E-state index >= 15 is 0 Å². The lowest BCUT2D eigenvalue weighted by Gasteiger charge is -2.29. The monoisotopic (exact) mass is 354 g/mol. The molecular formula is C19H19N2O3P. The molecule has 0 amide bonds. The Hall–Kier alpha value is -2.49. The van der Waals surface area contributed by atoms with Crippen LogP contribution in [0, 0.1) is 0 Å². The zero-order valence-corrected chi connectivity index (χ0v) is 15.0. The van der Waals surface area contributed by atoms with Gasteiger partial charge in [-0.3, -0.25) is 9.36 Å². The average molecular weight is 354 g/mol. The van der Waals surface area contributed by atoms with Gasteiger partial charge in [0.2, 0.25) is 0 Å². The van der Waals surface area contributed by atoms with Gasteiger partial charge in [0, 0.05) is 13.1 Å². The number of anilines is 1. The summed E-state index contributed by atoms with van der Waals surface area (Å²) in [5.74, 6) is -0.362. The summed E-state index contributed by atoms with van der Waals surface area (Å²) in [5, 5.41) is 6.38. The Balaban J connectivity index is 2.21. The third-order valence-electron chi connectivity index (χ3n) is 3.76. The van der Waals surface area contributed by atoms with Crippen LogP contribution in [0.4, 0.5) is 5.69 Å². The second kappa shape index (κ2) is 7.18. The highest BCUT2D eigenvalue weighted by molar-refractivity contribution is 7.88. The number of hydrogen-bond donors (Lipinski definition) is 0. The van der Waals surface area contributed by atoms with Gasteiger partial charge in [-0.05, 0) is 24.6 Å². The van der Waals surface area contributed by atoms with E-state index in [1.54, 1.807) is 18.1 Å². The van der Waals surface area contributed by atoms with Crippen molar-refractivity contribution >= 4 is 29.6 Å². The number of hydrogen-bond acceptors (Lipinski definition) is 5. The SMILES string of the molecule is CCOP1(=O)C(c2ccccc2)=CN(c2ccccc2)N=C1C(C)=O. The highest BCUT2D eigenvalue weighted by Gasteiger charge is 2.42. The van der Waals surface area contributed by atoms with Crippen LogP contribution in [0.25, 0.3) is 5.31 Å². The molecule has 25 heavy (non-hydrogen) atoms. The lowest BCUT2D eigenvalue weighted by Crippen LogP contribution is -2.24. The summed E-state index contributed by atoms with van der Waals surface area (Å²) >= 11 is 0. The maximum atomic E-state index is 13.6. The molecule has 0 radical (unpaired) electrons. The molecule has 2 aromatic carbocycles. The van der Waals surface area contributed by atoms with E-state index < -0.39 is 7.37 Å². The third kappa shape index (κ3) is 3.34. The van der Waals surface area contributed by atoms with Crippen molar-refractivity contribution in [2.24, 2.45) is 5.10 Å². The van der Waals surface area contributed by atoms with Crippen molar-refractivity contribution in [1.29, 1.82) is 0 Å². The first-order chi connectivity index (χ1) is 12.1. The number of nitrogens with zero attached hydrogens (tertiary/aromatic N) is 2. The molecular weight excluding hydrogens is 335 g/mol. The number of benzene rings is 2. The number of ketones is 1. The standard InChI is InChI=1S/C19H19N2O3P/c1-3-24-25(23)18(16-10-6-4-7-11-16)14-21(20-19(25)15(2)22)17-12-8-5-9-13-17/h4-14H,3H2,1-2H3. The van der Waals surface area contributed by atoms with Crippen molar-refractivity contribution in [3.8, 4) is 0 Å². The molecule has 5 nitrogen and oxygen atoms in total. The van der Waals surface area contributed by atoms with Gasteiger partial charge in [0.1, 0.15) is 0 Å². The van der Waals surface area contributed by atoms with Crippen molar-refractivity contribution in [3.63, 3.8) is 0 Å². The van der Waals surface area contributed by atoms with Gasteiger partial charge in [-0.25, -0.2) is 5.01 Å². The molecule has 0 aromatic heterocycles. The van der Waals surface area contributed by atoms with E-state index in [2.05, 4.69) is 5.10 Å². The van der Waals surface area contributed by atoms with Crippen LogP contribution in [0.1, 0.15) is 19.4 Å². The molecule has 1 atom stereocenters. The molecule has 3 rings (SSSR count). The van der Waals surface area contributed by atoms with Crippen LogP contribution in [-0.2, 0) is 13.9 Å². The fourth-order valence-electron chi connectivity index (χ4n) is 2.65. The van der Waals surface area contributed by atoms with Crippen molar-refractivity contribution in [2.45, 2.75) is 13.8 Å². The van der Waals surface area contributed by atoms with Crippen LogP contribution in [0.2, 0.25) is 0 Å². The van der Waals surface area contributed by atoms with Crippen LogP contribution in [-0.4, -0.2) is 17.8 Å². The molecule has 6 heteroatoms. The Morgan fingerprint density at radius 1 is 1.08 bits per heavy atom. The van der Waals surface area contributed by atoms with Crippen LogP contribution in [0.5, 0.6) is 0 Å². The van der Waals surface area contributed by atoms with E-state index in [1.165, 1.54) is 6.92 Å². The molecule has 1 aliphatic heterocycles. The first kappa shape index (κ1) is 17.3. The predicted octanol–water partition coefficient (Wildman–Crippen LogP) is 4.72. The molecule has 0 bridgehead atoms. The van der Waals surface area contributed by atoms with Gasteiger partial charge >= 0.3 is 0 Å². The molecule has 0 aliphatic carbocycles. The fourth-order valence-corrected chi connectivity index (χ4v) is 4.88. The zero-order chi connectivity index (χ0) is 17.9. The minimum absolute atomic E-state index is 0.0421. The topological polar surface area (TPSA) is 59.0 Å². The Labute approximate surface area is 147 Å². The fraction of sp³-hybridized carbons (Fsp3) is 0.158. The molecule has 2 aromatic rings. The van der Waals surface area contributed by atoms with Crippen LogP contribution < -0.4 is 5.01 Å². The number of hydrazone groups is 1. The molecule has 1 heterocycles. The van der Waals surface area contributed by atoms with E-state index in [9.17, 15) is 9.36 Å². The van der Waals surface area contributed by atoms with E-state index in [4.69, 9.17) is 4.52 Å². The first-order valence-corrected chi connectivity index (χ1v) is 9.65. The number of Topliss-reactive ketones (excluding diaryl/α,β-unsaturated/α-hetero) is 1. The number of rotatable bonds is 5. The molecule has 0 saturated carbocycles. The minimum atomic E-state index is -3.55. The van der Waals surface area contributed by atoms with Crippen LogP contribution in [0.15, 0.2) is 72.0 Å². The molecule has 0 N–H and O–H groups in total. The summed E-state index contributed by atoms with van der Waals surface area (Å²) in [6.07, 6.45) is 1.69. The summed E-state index contributed by atoms with van der Waals surface area (Å²) in [5.41, 5.74) is 1.48. The molecule has 0 fully saturated rings. The van der Waals surface area contributed by atoms with E-state index in [0.29, 0.717) is 5.31 Å². The summed E-state index contributed by atoms with van der Waals surface area (Å²) in [7, 11) is -3.55. The second-order valence-electron chi connectivity index (χ2n) is 5.51. The Morgan fingerprint density at radius 3 is 2.24 bits per heavy atom.